The molecule has 9 heteroatoms. The van der Waals surface area contributed by atoms with Crippen LogP contribution in [0.15, 0.2) is 30.3 Å². The zero-order chi connectivity index (χ0) is 26.7. The third kappa shape index (κ3) is 8.76. The first-order valence-corrected chi connectivity index (χ1v) is 14.1. The molecular weight excluding hydrogens is 479 g/mol. The zero-order valence-electron chi connectivity index (χ0n) is 22.8. The van der Waals surface area contributed by atoms with Gasteiger partial charge in [0.05, 0.1) is 44.0 Å². The van der Waals surface area contributed by atoms with Crippen molar-refractivity contribution in [2.45, 2.75) is 91.9 Å². The highest BCUT2D eigenvalue weighted by atomic mass is 31.2. The molecule has 0 spiro atoms. The molecule has 0 amide bonds. The van der Waals surface area contributed by atoms with Crippen LogP contribution in [0.25, 0.3) is 0 Å². The molecule has 8 nitrogen and oxygen atoms in total. The van der Waals surface area contributed by atoms with Crippen molar-refractivity contribution < 1.29 is 28.1 Å². The Morgan fingerprint density at radius 3 is 2.28 bits per heavy atom. The summed E-state index contributed by atoms with van der Waals surface area (Å²) in [5, 5.41) is 8.89. The highest BCUT2D eigenvalue weighted by Crippen LogP contribution is 2.46. The van der Waals surface area contributed by atoms with Gasteiger partial charge in [-0.15, -0.1) is 0 Å². The second kappa shape index (κ2) is 15.6. The van der Waals surface area contributed by atoms with Gasteiger partial charge in [-0.1, -0.05) is 39.0 Å². The Hall–Kier alpha value is -1.59. The number of carbonyl (C=O) groups is 1. The van der Waals surface area contributed by atoms with Crippen LogP contribution in [0.2, 0.25) is 0 Å². The SMILES string of the molecule is CCC1OC(OCCOP(OCCC#N)N(C(C)C)C(C)C)C(OC(=O)c2ccccc2)C(C)C1C. The van der Waals surface area contributed by atoms with Crippen molar-refractivity contribution in [3.63, 3.8) is 0 Å². The molecule has 1 heterocycles. The summed E-state index contributed by atoms with van der Waals surface area (Å²) >= 11 is 0. The normalized spacial score (nSPS) is 25.2. The minimum atomic E-state index is -1.35. The highest BCUT2D eigenvalue weighted by Gasteiger charge is 2.44. The number of ether oxygens (including phenoxy) is 3. The molecule has 1 aliphatic heterocycles. The second-order valence-corrected chi connectivity index (χ2v) is 11.1. The van der Waals surface area contributed by atoms with Gasteiger partial charge in [0.25, 0.3) is 8.53 Å². The molecule has 0 radical (unpaired) electrons. The first kappa shape index (κ1) is 30.6. The maximum atomic E-state index is 12.8. The summed E-state index contributed by atoms with van der Waals surface area (Å²) in [5.74, 6) is -0.111. The predicted molar refractivity (Wildman–Crippen MR) is 140 cm³/mol. The van der Waals surface area contributed by atoms with E-state index in [1.54, 1.807) is 12.1 Å². The van der Waals surface area contributed by atoms with Crippen LogP contribution in [0.3, 0.4) is 0 Å². The van der Waals surface area contributed by atoms with Gasteiger partial charge in [0.2, 0.25) is 0 Å². The van der Waals surface area contributed by atoms with Gasteiger partial charge >= 0.3 is 5.97 Å². The molecular formula is C27H43N2O6P. The first-order valence-electron chi connectivity index (χ1n) is 12.9. The number of nitriles is 1. The third-order valence-corrected chi connectivity index (χ3v) is 8.50. The summed E-state index contributed by atoms with van der Waals surface area (Å²) in [6, 6.07) is 11.5. The van der Waals surface area contributed by atoms with E-state index >= 15 is 0 Å². The molecule has 0 bridgehead atoms. The van der Waals surface area contributed by atoms with Crippen molar-refractivity contribution in [1.82, 2.24) is 4.67 Å². The van der Waals surface area contributed by atoms with E-state index in [4.69, 9.17) is 28.5 Å². The Morgan fingerprint density at radius 1 is 1.06 bits per heavy atom. The molecule has 0 aromatic heterocycles. The topological polar surface area (TPSA) is 90.2 Å². The van der Waals surface area contributed by atoms with E-state index in [2.05, 4.69) is 59.2 Å². The van der Waals surface area contributed by atoms with Crippen LogP contribution in [-0.2, 0) is 23.3 Å². The van der Waals surface area contributed by atoms with Gasteiger partial charge in [-0.2, -0.15) is 5.26 Å². The van der Waals surface area contributed by atoms with E-state index in [0.29, 0.717) is 18.6 Å². The Bertz CT molecular complexity index is 810. The van der Waals surface area contributed by atoms with Crippen LogP contribution in [0.4, 0.5) is 0 Å². The van der Waals surface area contributed by atoms with Crippen molar-refractivity contribution in [2.24, 2.45) is 11.8 Å². The number of hydrogen-bond acceptors (Lipinski definition) is 8. The van der Waals surface area contributed by atoms with Crippen LogP contribution >= 0.6 is 8.53 Å². The molecule has 2 rings (SSSR count). The second-order valence-electron chi connectivity index (χ2n) is 9.66. The lowest BCUT2D eigenvalue weighted by Crippen LogP contribution is -2.52. The van der Waals surface area contributed by atoms with E-state index in [9.17, 15) is 4.79 Å². The number of rotatable bonds is 14. The molecule has 1 fully saturated rings. The summed E-state index contributed by atoms with van der Waals surface area (Å²) in [7, 11) is -1.35. The minimum Gasteiger partial charge on any atom is -0.453 e. The number of nitrogens with zero attached hydrogens (tertiary/aromatic N) is 2. The molecule has 0 N–H and O–H groups in total. The van der Waals surface area contributed by atoms with Crippen molar-refractivity contribution in [3.05, 3.63) is 35.9 Å². The molecule has 1 saturated heterocycles. The van der Waals surface area contributed by atoms with Crippen molar-refractivity contribution in [1.29, 1.82) is 5.26 Å². The van der Waals surface area contributed by atoms with Crippen LogP contribution in [0.5, 0.6) is 0 Å². The van der Waals surface area contributed by atoms with Gasteiger partial charge in [0.1, 0.15) is 0 Å². The molecule has 36 heavy (non-hydrogen) atoms. The number of carbonyl (C=O) groups excluding carboxylic acids is 1. The van der Waals surface area contributed by atoms with Gasteiger partial charge in [-0.25, -0.2) is 9.46 Å². The van der Waals surface area contributed by atoms with Gasteiger partial charge in [-0.05, 0) is 52.2 Å². The summed E-state index contributed by atoms with van der Waals surface area (Å²) < 4.78 is 32.5. The maximum Gasteiger partial charge on any atom is 0.338 e. The average Bonchev–Trinajstić information content (AvgIpc) is 2.85. The van der Waals surface area contributed by atoms with Crippen LogP contribution < -0.4 is 0 Å². The summed E-state index contributed by atoms with van der Waals surface area (Å²) in [6.07, 6.45) is -0.0546. The van der Waals surface area contributed by atoms with Crippen LogP contribution in [0, 0.1) is 23.2 Å². The lowest BCUT2D eigenvalue weighted by Gasteiger charge is -2.43. The molecule has 0 saturated carbocycles. The summed E-state index contributed by atoms with van der Waals surface area (Å²) in [6.45, 7) is 15.5. The standard InChI is InChI=1S/C27H43N2O6P/c1-8-24-21(6)22(7)25(35-26(30)23-13-10-9-11-14-23)27(34-24)31-17-18-33-36(32-16-12-15-28)29(19(2)3)20(4)5/h9-11,13-14,19-22,24-25,27H,8,12,16-18H2,1-7H3. The zero-order valence-corrected chi connectivity index (χ0v) is 23.6. The lowest BCUT2D eigenvalue weighted by atomic mass is 9.82. The Labute approximate surface area is 218 Å². The Morgan fingerprint density at radius 2 is 1.69 bits per heavy atom. The molecule has 1 aliphatic rings. The molecule has 6 atom stereocenters. The summed E-state index contributed by atoms with van der Waals surface area (Å²) in [5.41, 5.74) is 0.500. The van der Waals surface area contributed by atoms with Gasteiger partial charge in [0, 0.05) is 18.0 Å². The van der Waals surface area contributed by atoms with Crippen LogP contribution in [0.1, 0.15) is 71.7 Å². The fourth-order valence-corrected chi connectivity index (χ4v) is 5.96. The van der Waals surface area contributed by atoms with E-state index in [0.717, 1.165) is 6.42 Å². The van der Waals surface area contributed by atoms with E-state index in [1.165, 1.54) is 0 Å². The van der Waals surface area contributed by atoms with Gasteiger partial charge in [-0.3, -0.25) is 0 Å². The van der Waals surface area contributed by atoms with Gasteiger partial charge in [0.15, 0.2) is 12.4 Å². The minimum absolute atomic E-state index is 0.0152. The average molecular weight is 523 g/mol. The number of esters is 1. The monoisotopic (exact) mass is 522 g/mol. The highest BCUT2D eigenvalue weighted by molar-refractivity contribution is 7.44. The fraction of sp³-hybridized carbons (Fsp3) is 0.704. The van der Waals surface area contributed by atoms with Crippen molar-refractivity contribution >= 4 is 14.5 Å². The fourth-order valence-electron chi connectivity index (χ4n) is 4.38. The van der Waals surface area contributed by atoms with E-state index < -0.39 is 20.9 Å². The van der Waals surface area contributed by atoms with E-state index in [1.807, 2.05) is 18.2 Å². The molecule has 0 aliphatic carbocycles. The molecule has 202 valence electrons. The number of hydrogen-bond donors (Lipinski definition) is 0. The Balaban J connectivity index is 2.04. The quantitative estimate of drug-likeness (QED) is 0.169. The maximum absolute atomic E-state index is 12.8. The van der Waals surface area contributed by atoms with Crippen LogP contribution in [-0.4, -0.2) is 61.0 Å². The smallest absolute Gasteiger partial charge is 0.338 e. The van der Waals surface area contributed by atoms with Gasteiger partial charge < -0.3 is 23.3 Å². The largest absolute Gasteiger partial charge is 0.453 e. The molecule has 1 aromatic rings. The summed E-state index contributed by atoms with van der Waals surface area (Å²) in [4.78, 5) is 12.8. The van der Waals surface area contributed by atoms with E-state index in [-0.39, 0.29) is 49.2 Å². The number of benzene rings is 1. The van der Waals surface area contributed by atoms with Crippen molar-refractivity contribution in [2.75, 3.05) is 19.8 Å². The lowest BCUT2D eigenvalue weighted by molar-refractivity contribution is -0.270. The third-order valence-electron chi connectivity index (χ3n) is 6.40. The first-order chi connectivity index (χ1) is 17.2. The molecule has 1 aromatic carbocycles. The Kier molecular flexibility index (Phi) is 13.3. The predicted octanol–water partition coefficient (Wildman–Crippen LogP) is 5.93. The molecule has 6 unspecified atom stereocenters. The van der Waals surface area contributed by atoms with Crippen molar-refractivity contribution in [3.8, 4) is 6.07 Å².